The molecule has 0 bridgehead atoms. The second-order valence-electron chi connectivity index (χ2n) is 6.56. The first kappa shape index (κ1) is 19.2. The molecule has 0 amide bonds. The van der Waals surface area contributed by atoms with Crippen molar-refractivity contribution in [2.24, 2.45) is 0 Å². The van der Waals surface area contributed by atoms with Gasteiger partial charge in [0.25, 0.3) is 0 Å². The summed E-state index contributed by atoms with van der Waals surface area (Å²) < 4.78 is 7.34. The lowest BCUT2D eigenvalue weighted by Crippen LogP contribution is -2.08. The molecule has 5 nitrogen and oxygen atoms in total. The second kappa shape index (κ2) is 7.96. The molecule has 0 unspecified atom stereocenters. The van der Waals surface area contributed by atoms with Gasteiger partial charge in [0.15, 0.2) is 16.8 Å². The van der Waals surface area contributed by atoms with Crippen LogP contribution in [0.4, 0.5) is 0 Å². The van der Waals surface area contributed by atoms with Crippen molar-refractivity contribution >= 4 is 17.5 Å². The Hall–Kier alpha value is -2.60. The average Bonchev–Trinajstić information content (AvgIpc) is 3.22. The number of carbonyl (C=O) groups is 1. The number of hydrogen-bond acceptors (Lipinski definition) is 5. The minimum absolute atomic E-state index is 0.0924. The first-order valence-corrected chi connectivity index (χ1v) is 9.73. The van der Waals surface area contributed by atoms with Crippen LogP contribution in [0.3, 0.4) is 0 Å². The zero-order valence-electron chi connectivity index (χ0n) is 16.1. The third-order valence-corrected chi connectivity index (χ3v) is 5.57. The molecule has 0 aliphatic heterocycles. The van der Waals surface area contributed by atoms with Crippen molar-refractivity contribution in [3.05, 3.63) is 65.1 Å². The van der Waals surface area contributed by atoms with E-state index in [0.29, 0.717) is 17.5 Å². The van der Waals surface area contributed by atoms with Gasteiger partial charge in [-0.2, -0.15) is 0 Å². The van der Waals surface area contributed by atoms with Gasteiger partial charge in [-0.1, -0.05) is 23.9 Å². The lowest BCUT2D eigenvalue weighted by molar-refractivity contribution is 0.102. The van der Waals surface area contributed by atoms with Crippen molar-refractivity contribution in [3.63, 3.8) is 0 Å². The van der Waals surface area contributed by atoms with Crippen molar-refractivity contribution in [2.45, 2.75) is 39.4 Å². The van der Waals surface area contributed by atoms with Crippen molar-refractivity contribution < 1.29 is 9.21 Å². The fourth-order valence-corrected chi connectivity index (χ4v) is 3.81. The van der Waals surface area contributed by atoms with E-state index in [-0.39, 0.29) is 5.78 Å². The largest absolute Gasteiger partial charge is 0.469 e. The van der Waals surface area contributed by atoms with E-state index in [0.717, 1.165) is 33.8 Å². The van der Waals surface area contributed by atoms with E-state index in [1.807, 2.05) is 37.5 Å². The van der Waals surface area contributed by atoms with E-state index in [4.69, 9.17) is 4.42 Å². The van der Waals surface area contributed by atoms with Crippen LogP contribution in [0.5, 0.6) is 0 Å². The average molecular weight is 382 g/mol. The molecule has 0 saturated heterocycles. The van der Waals surface area contributed by atoms with Gasteiger partial charge in [0.2, 0.25) is 0 Å². The van der Waals surface area contributed by atoms with Crippen LogP contribution in [0.15, 0.2) is 46.7 Å². The smallest absolute Gasteiger partial charge is 0.192 e. The van der Waals surface area contributed by atoms with Crippen molar-refractivity contribution in [1.82, 2.24) is 14.8 Å². The molecule has 140 valence electrons. The molecule has 3 aromatic rings. The molecule has 0 N–H and O–H groups in total. The van der Waals surface area contributed by atoms with E-state index in [2.05, 4.69) is 29.8 Å². The Kier molecular flexibility index (Phi) is 5.65. The Morgan fingerprint density at radius 1 is 1.19 bits per heavy atom. The lowest BCUT2D eigenvalue weighted by atomic mass is 9.99. The highest BCUT2D eigenvalue weighted by molar-refractivity contribution is 7.99. The highest BCUT2D eigenvalue weighted by Crippen LogP contribution is 2.28. The number of benzene rings is 1. The Bertz CT molecular complexity index is 1000. The van der Waals surface area contributed by atoms with Gasteiger partial charge in [-0.25, -0.2) is 0 Å². The molecule has 0 saturated carbocycles. The number of hydrogen-bond donors (Lipinski definition) is 0. The minimum Gasteiger partial charge on any atom is -0.469 e. The van der Waals surface area contributed by atoms with Crippen LogP contribution in [0.2, 0.25) is 0 Å². The summed E-state index contributed by atoms with van der Waals surface area (Å²) in [6.45, 7) is 12.3. The number of nitrogens with zero attached hydrogens (tertiary/aromatic N) is 3. The number of aromatic nitrogens is 3. The van der Waals surface area contributed by atoms with E-state index in [1.165, 1.54) is 17.3 Å². The van der Waals surface area contributed by atoms with Gasteiger partial charge < -0.3 is 4.42 Å². The van der Waals surface area contributed by atoms with E-state index in [1.54, 1.807) is 12.3 Å². The van der Waals surface area contributed by atoms with Gasteiger partial charge >= 0.3 is 0 Å². The standard InChI is InChI=1S/C21H23N3O2S/c1-6-8-24-20(17-7-9-26-16(17)5)22-23-21(24)27-12-19(25)18-11-14(3)13(2)10-15(18)4/h6-7,9-11H,1,8,12H2,2-5H3. The van der Waals surface area contributed by atoms with Gasteiger partial charge in [0.05, 0.1) is 17.6 Å². The number of thioether (sulfide) groups is 1. The number of carbonyl (C=O) groups excluding carboxylic acids is 1. The monoisotopic (exact) mass is 381 g/mol. The summed E-state index contributed by atoms with van der Waals surface area (Å²) in [5.74, 6) is 1.91. The van der Waals surface area contributed by atoms with Crippen LogP contribution in [-0.2, 0) is 6.54 Å². The van der Waals surface area contributed by atoms with E-state index in [9.17, 15) is 4.79 Å². The van der Waals surface area contributed by atoms with Gasteiger partial charge in [0.1, 0.15) is 5.76 Å². The predicted octanol–water partition coefficient (Wildman–Crippen LogP) is 4.93. The summed E-state index contributed by atoms with van der Waals surface area (Å²) in [5.41, 5.74) is 4.99. The summed E-state index contributed by atoms with van der Waals surface area (Å²) in [5, 5.41) is 9.29. The topological polar surface area (TPSA) is 60.9 Å². The van der Waals surface area contributed by atoms with Gasteiger partial charge in [-0.05, 0) is 56.5 Å². The van der Waals surface area contributed by atoms with E-state index >= 15 is 0 Å². The molecule has 27 heavy (non-hydrogen) atoms. The summed E-state index contributed by atoms with van der Waals surface area (Å²) >= 11 is 1.39. The molecule has 0 aliphatic carbocycles. The molecule has 0 atom stereocenters. The summed E-state index contributed by atoms with van der Waals surface area (Å²) in [6.07, 6.45) is 3.43. The van der Waals surface area contributed by atoms with Crippen molar-refractivity contribution in [2.75, 3.05) is 5.75 Å². The summed E-state index contributed by atoms with van der Waals surface area (Å²) in [4.78, 5) is 12.7. The molecule has 2 aromatic heterocycles. The van der Waals surface area contributed by atoms with Crippen LogP contribution in [-0.4, -0.2) is 26.3 Å². The molecule has 3 rings (SSSR count). The Labute approximate surface area is 163 Å². The fraction of sp³-hybridized carbons (Fsp3) is 0.286. The van der Waals surface area contributed by atoms with Crippen LogP contribution < -0.4 is 0 Å². The maximum atomic E-state index is 12.7. The SMILES string of the molecule is C=CCn1c(SCC(=O)c2cc(C)c(C)cc2C)nnc1-c1ccoc1C. The second-order valence-corrected chi connectivity index (χ2v) is 7.50. The van der Waals surface area contributed by atoms with Crippen molar-refractivity contribution in [3.8, 4) is 11.4 Å². The molecule has 1 aromatic carbocycles. The molecular weight excluding hydrogens is 358 g/mol. The van der Waals surface area contributed by atoms with Crippen molar-refractivity contribution in [1.29, 1.82) is 0 Å². The molecule has 0 aliphatic rings. The molecule has 2 heterocycles. The van der Waals surface area contributed by atoms with Gasteiger partial charge in [-0.3, -0.25) is 9.36 Å². The maximum Gasteiger partial charge on any atom is 0.192 e. The van der Waals surface area contributed by atoms with Crippen LogP contribution in [0, 0.1) is 27.7 Å². The number of rotatable bonds is 7. The normalized spacial score (nSPS) is 11.0. The quantitative estimate of drug-likeness (QED) is 0.330. The Morgan fingerprint density at radius 2 is 1.93 bits per heavy atom. The highest BCUT2D eigenvalue weighted by atomic mass is 32.2. The minimum atomic E-state index is 0.0924. The summed E-state index contributed by atoms with van der Waals surface area (Å²) in [7, 11) is 0. The fourth-order valence-electron chi connectivity index (χ4n) is 2.97. The third-order valence-electron chi connectivity index (χ3n) is 4.60. The summed E-state index contributed by atoms with van der Waals surface area (Å²) in [6, 6.07) is 5.91. The number of allylic oxidation sites excluding steroid dienone is 1. The van der Waals surface area contributed by atoms with Crippen LogP contribution >= 0.6 is 11.8 Å². The molecule has 0 fully saturated rings. The first-order chi connectivity index (χ1) is 12.9. The molecular formula is C21H23N3O2S. The third kappa shape index (κ3) is 3.90. The molecule has 0 radical (unpaired) electrons. The zero-order chi connectivity index (χ0) is 19.6. The predicted molar refractivity (Wildman–Crippen MR) is 108 cm³/mol. The number of Topliss-reactive ketones (excluding diaryl/α,β-unsaturated/α-hetero) is 1. The van der Waals surface area contributed by atoms with Gasteiger partial charge in [-0.15, -0.1) is 16.8 Å². The maximum absolute atomic E-state index is 12.7. The van der Waals surface area contributed by atoms with Crippen LogP contribution in [0.1, 0.15) is 32.8 Å². The lowest BCUT2D eigenvalue weighted by Gasteiger charge is -2.10. The molecule has 0 spiro atoms. The number of ketones is 1. The first-order valence-electron chi connectivity index (χ1n) is 8.74. The number of aryl methyl sites for hydroxylation is 4. The zero-order valence-corrected chi connectivity index (χ0v) is 16.9. The highest BCUT2D eigenvalue weighted by Gasteiger charge is 2.18. The van der Waals surface area contributed by atoms with E-state index < -0.39 is 0 Å². The van der Waals surface area contributed by atoms with Crippen LogP contribution in [0.25, 0.3) is 11.4 Å². The Morgan fingerprint density at radius 3 is 2.59 bits per heavy atom. The number of furan rings is 1. The Balaban J connectivity index is 1.83. The molecule has 6 heteroatoms. The van der Waals surface area contributed by atoms with Gasteiger partial charge in [0, 0.05) is 12.1 Å².